The number of aromatic nitrogens is 4. The largest absolute Gasteiger partial charge is 0.361 e. The van der Waals surface area contributed by atoms with Crippen molar-refractivity contribution in [3.05, 3.63) is 162 Å². The number of pyridine rings is 2. The molecule has 0 aliphatic heterocycles. The molecule has 0 aliphatic rings. The summed E-state index contributed by atoms with van der Waals surface area (Å²) in [6, 6.07) is 26.0. The molecule has 0 aliphatic carbocycles. The average molecular weight is 845 g/mol. The van der Waals surface area contributed by atoms with E-state index >= 15 is 0 Å². The number of halogens is 3. The van der Waals surface area contributed by atoms with Crippen LogP contribution in [0.15, 0.2) is 131 Å². The molecular weight excluding hydrogens is 820 g/mol. The monoisotopic (exact) mass is 842 g/mol. The Morgan fingerprint density at radius 1 is 0.653 bits per heavy atom. The van der Waals surface area contributed by atoms with Gasteiger partial charge in [0.25, 0.3) is 11.4 Å². The zero-order valence-corrected chi connectivity index (χ0v) is 30.2. The molecule has 13 heteroatoms. The highest BCUT2D eigenvalue weighted by Crippen LogP contribution is 2.27. The van der Waals surface area contributed by atoms with Crippen LogP contribution >= 0.6 is 47.8 Å². The Labute approximate surface area is 304 Å². The highest BCUT2D eigenvalue weighted by molar-refractivity contribution is 9.11. The number of benzene rings is 4. The van der Waals surface area contributed by atoms with Crippen LogP contribution in [0.5, 0.6) is 0 Å². The SMILES string of the molecule is BrCc1ccc2cncc(Br)c2c1.O=[N+]([O-])c1ccc2[nH]ccc2c1.O=[N+]([O-])c1ccc2c(ccn2Cc2ccc3cncc(Br)c3c2)c1. The number of H-pyrrole nitrogens is 1. The Kier molecular flexibility index (Phi) is 10.4. The second kappa shape index (κ2) is 15.1. The molecule has 8 rings (SSSR count). The topological polar surface area (TPSA) is 133 Å². The van der Waals surface area contributed by atoms with E-state index in [1.807, 2.05) is 36.9 Å². The maximum absolute atomic E-state index is 10.9. The quantitative estimate of drug-likeness (QED) is 0.104. The van der Waals surface area contributed by atoms with E-state index in [9.17, 15) is 20.2 Å². The fourth-order valence-corrected chi connectivity index (χ4v) is 6.59. The van der Waals surface area contributed by atoms with Crippen LogP contribution in [0.3, 0.4) is 0 Å². The van der Waals surface area contributed by atoms with Gasteiger partial charge in [0.05, 0.1) is 9.85 Å². The molecule has 4 aromatic carbocycles. The van der Waals surface area contributed by atoms with E-state index in [1.54, 1.807) is 42.7 Å². The summed E-state index contributed by atoms with van der Waals surface area (Å²) < 4.78 is 4.11. The molecule has 0 saturated carbocycles. The molecule has 0 spiro atoms. The van der Waals surface area contributed by atoms with Crippen LogP contribution in [0.4, 0.5) is 11.4 Å². The molecule has 0 saturated heterocycles. The van der Waals surface area contributed by atoms with E-state index in [1.165, 1.54) is 22.4 Å². The number of nitro benzene ring substituents is 2. The van der Waals surface area contributed by atoms with Crippen molar-refractivity contribution in [1.29, 1.82) is 0 Å². The summed E-state index contributed by atoms with van der Waals surface area (Å²) in [5.74, 6) is 0. The number of rotatable bonds is 5. The summed E-state index contributed by atoms with van der Waals surface area (Å²) >= 11 is 10.5. The van der Waals surface area contributed by atoms with Gasteiger partial charge in [-0.15, -0.1) is 0 Å². The lowest BCUT2D eigenvalue weighted by molar-refractivity contribution is -0.384. The summed E-state index contributed by atoms with van der Waals surface area (Å²) in [6.45, 7) is 0.700. The Hall–Kier alpha value is -4.98. The smallest absolute Gasteiger partial charge is 0.270 e. The van der Waals surface area contributed by atoms with E-state index in [0.29, 0.717) is 6.54 Å². The number of alkyl halides is 1. The van der Waals surface area contributed by atoms with Gasteiger partial charge in [0.2, 0.25) is 0 Å². The Morgan fingerprint density at radius 3 is 1.88 bits per heavy atom. The van der Waals surface area contributed by atoms with Crippen LogP contribution in [0.25, 0.3) is 43.4 Å². The van der Waals surface area contributed by atoms with E-state index in [-0.39, 0.29) is 16.3 Å². The van der Waals surface area contributed by atoms with Crippen molar-refractivity contribution in [2.75, 3.05) is 0 Å². The number of fused-ring (bicyclic) bond motifs is 4. The number of nitrogens with one attached hydrogen (secondary N) is 1. The lowest BCUT2D eigenvalue weighted by atomic mass is 10.1. The zero-order chi connectivity index (χ0) is 34.5. The van der Waals surface area contributed by atoms with Crippen LogP contribution in [0.2, 0.25) is 0 Å². The average Bonchev–Trinajstić information content (AvgIpc) is 3.75. The van der Waals surface area contributed by atoms with Crippen LogP contribution in [-0.2, 0) is 11.9 Å². The van der Waals surface area contributed by atoms with E-state index in [2.05, 4.69) is 104 Å². The minimum atomic E-state index is -0.396. The molecule has 8 aromatic rings. The molecule has 0 unspecified atom stereocenters. The third kappa shape index (κ3) is 7.85. The highest BCUT2D eigenvalue weighted by atomic mass is 79.9. The number of hydrogen-bond donors (Lipinski definition) is 1. The van der Waals surface area contributed by atoms with Gasteiger partial charge in [-0.2, -0.15) is 0 Å². The van der Waals surface area contributed by atoms with Crippen molar-refractivity contribution in [3.8, 4) is 0 Å². The first-order valence-corrected chi connectivity index (χ1v) is 17.5. The lowest BCUT2D eigenvalue weighted by Gasteiger charge is -2.08. The maximum Gasteiger partial charge on any atom is 0.270 e. The first kappa shape index (κ1) is 33.9. The maximum atomic E-state index is 10.9. The van der Waals surface area contributed by atoms with Gasteiger partial charge in [-0.25, -0.2) is 0 Å². The van der Waals surface area contributed by atoms with Gasteiger partial charge in [0, 0.05) is 115 Å². The number of nitrogens with zero attached hydrogens (tertiary/aromatic N) is 5. The molecule has 1 N–H and O–H groups in total. The predicted molar refractivity (Wildman–Crippen MR) is 204 cm³/mol. The second-order valence-electron chi connectivity index (χ2n) is 10.9. The summed E-state index contributed by atoms with van der Waals surface area (Å²) in [5.41, 5.74) is 4.57. The minimum absolute atomic E-state index is 0.113. The molecule has 4 aromatic heterocycles. The van der Waals surface area contributed by atoms with Crippen molar-refractivity contribution in [3.63, 3.8) is 0 Å². The van der Waals surface area contributed by atoms with Gasteiger partial charge in [-0.1, -0.05) is 40.2 Å². The van der Waals surface area contributed by atoms with Gasteiger partial charge in [-0.3, -0.25) is 30.2 Å². The highest BCUT2D eigenvalue weighted by Gasteiger charge is 2.10. The molecule has 10 nitrogen and oxygen atoms in total. The molecule has 0 bridgehead atoms. The molecule has 0 radical (unpaired) electrons. The van der Waals surface area contributed by atoms with Crippen LogP contribution in [0, 0.1) is 20.2 Å². The summed E-state index contributed by atoms with van der Waals surface area (Å²) in [6.07, 6.45) is 11.0. The standard InChI is InChI=1S/C18H12BrN3O2.C10H7Br2N.C8H6N2O2/c19-17-10-20-9-14-2-1-12(7-16(14)17)11-21-6-5-13-8-15(22(23)24)3-4-18(13)21;11-4-7-1-2-8-5-13-6-10(12)9(8)3-7;11-10(12)7-1-2-8-6(5-7)3-4-9-8/h1-10H,11H2;1-3,5-6H,4H2;1-5,9H. The molecule has 49 heavy (non-hydrogen) atoms. The van der Waals surface area contributed by atoms with Crippen molar-refractivity contribution >= 4 is 103 Å². The van der Waals surface area contributed by atoms with E-state index in [4.69, 9.17) is 0 Å². The third-order valence-corrected chi connectivity index (χ3v) is 9.68. The lowest BCUT2D eigenvalue weighted by Crippen LogP contribution is -1.98. The van der Waals surface area contributed by atoms with Gasteiger partial charge in [-0.05, 0) is 90.2 Å². The summed E-state index contributed by atoms with van der Waals surface area (Å²) in [7, 11) is 0. The van der Waals surface area contributed by atoms with Gasteiger partial charge in [0.1, 0.15) is 0 Å². The molecule has 0 fully saturated rings. The molecule has 4 heterocycles. The Morgan fingerprint density at radius 2 is 1.24 bits per heavy atom. The fraction of sp³-hybridized carbons (Fsp3) is 0.0556. The first-order valence-electron chi connectivity index (χ1n) is 14.8. The van der Waals surface area contributed by atoms with Crippen LogP contribution in [0.1, 0.15) is 11.1 Å². The second-order valence-corrected chi connectivity index (χ2v) is 13.2. The minimum Gasteiger partial charge on any atom is -0.361 e. The summed E-state index contributed by atoms with van der Waals surface area (Å²) in [5, 5.41) is 28.5. The fourth-order valence-electron chi connectivity index (χ4n) is 5.32. The first-order chi connectivity index (χ1) is 23.7. The normalized spacial score (nSPS) is 10.8. The third-order valence-electron chi connectivity index (χ3n) is 7.77. The number of non-ortho nitro benzene ring substituents is 2. The van der Waals surface area contributed by atoms with Crippen molar-refractivity contribution < 1.29 is 9.85 Å². The number of nitro groups is 2. The van der Waals surface area contributed by atoms with Crippen LogP contribution < -0.4 is 0 Å². The molecular formula is C36H25Br3N6O4. The van der Waals surface area contributed by atoms with E-state index in [0.717, 1.165) is 52.4 Å². The molecule has 0 atom stereocenters. The van der Waals surface area contributed by atoms with Crippen LogP contribution in [-0.4, -0.2) is 29.4 Å². The van der Waals surface area contributed by atoms with Crippen molar-refractivity contribution in [2.24, 2.45) is 0 Å². The van der Waals surface area contributed by atoms with Crippen molar-refractivity contribution in [2.45, 2.75) is 11.9 Å². The molecule has 244 valence electrons. The number of aromatic amines is 1. The van der Waals surface area contributed by atoms with Gasteiger partial charge in [0.15, 0.2) is 0 Å². The van der Waals surface area contributed by atoms with Crippen molar-refractivity contribution in [1.82, 2.24) is 19.5 Å². The Bertz CT molecular complexity index is 2480. The number of hydrogen-bond acceptors (Lipinski definition) is 6. The summed E-state index contributed by atoms with van der Waals surface area (Å²) in [4.78, 5) is 31.7. The van der Waals surface area contributed by atoms with Gasteiger partial charge >= 0.3 is 0 Å². The van der Waals surface area contributed by atoms with Gasteiger partial charge < -0.3 is 9.55 Å². The molecule has 0 amide bonds. The van der Waals surface area contributed by atoms with E-state index < -0.39 is 4.92 Å². The zero-order valence-electron chi connectivity index (χ0n) is 25.5. The Balaban J connectivity index is 0.000000140. The predicted octanol–water partition coefficient (Wildman–Crippen LogP) is 10.9.